The molecule has 0 aromatic heterocycles. The van der Waals surface area contributed by atoms with Gasteiger partial charge in [0, 0.05) is 33.4 Å². The van der Waals surface area contributed by atoms with E-state index in [1.807, 2.05) is 13.0 Å². The van der Waals surface area contributed by atoms with E-state index in [1.54, 1.807) is 7.05 Å². The molecular formula is C17H28IN3O2. The van der Waals surface area contributed by atoms with Crippen molar-refractivity contribution in [3.8, 4) is 0 Å². The Morgan fingerprint density at radius 2 is 2.09 bits per heavy atom. The number of rotatable bonds is 7. The van der Waals surface area contributed by atoms with E-state index in [4.69, 9.17) is 9.47 Å². The number of guanidine groups is 1. The van der Waals surface area contributed by atoms with E-state index >= 15 is 0 Å². The molecular weight excluding hydrogens is 405 g/mol. The maximum absolute atomic E-state index is 5.61. The molecule has 1 aromatic rings. The number of benzene rings is 1. The third kappa shape index (κ3) is 7.05. The molecule has 0 saturated carbocycles. The predicted molar refractivity (Wildman–Crippen MR) is 104 cm³/mol. The zero-order chi connectivity index (χ0) is 15.6. The van der Waals surface area contributed by atoms with E-state index in [0.29, 0.717) is 12.7 Å². The van der Waals surface area contributed by atoms with Crippen molar-refractivity contribution in [3.63, 3.8) is 0 Å². The Labute approximate surface area is 156 Å². The highest BCUT2D eigenvalue weighted by molar-refractivity contribution is 14.0. The van der Waals surface area contributed by atoms with Crippen LogP contribution in [0.15, 0.2) is 29.3 Å². The fourth-order valence-corrected chi connectivity index (χ4v) is 2.50. The Hall–Kier alpha value is -0.860. The van der Waals surface area contributed by atoms with Crippen molar-refractivity contribution in [2.24, 2.45) is 4.99 Å². The van der Waals surface area contributed by atoms with E-state index in [-0.39, 0.29) is 24.0 Å². The van der Waals surface area contributed by atoms with Gasteiger partial charge >= 0.3 is 0 Å². The highest BCUT2D eigenvalue weighted by Gasteiger charge is 2.15. The Bertz CT molecular complexity index is 477. The second-order valence-corrected chi connectivity index (χ2v) is 5.35. The van der Waals surface area contributed by atoms with Crippen molar-refractivity contribution < 1.29 is 9.47 Å². The first-order chi connectivity index (χ1) is 10.8. The third-order valence-corrected chi connectivity index (χ3v) is 3.77. The van der Waals surface area contributed by atoms with Gasteiger partial charge in [0.25, 0.3) is 0 Å². The molecule has 1 fully saturated rings. The van der Waals surface area contributed by atoms with Crippen LogP contribution in [-0.4, -0.2) is 38.9 Å². The summed E-state index contributed by atoms with van der Waals surface area (Å²) >= 11 is 0. The zero-order valence-corrected chi connectivity index (χ0v) is 16.3. The molecule has 130 valence electrons. The molecule has 0 radical (unpaired) electrons. The van der Waals surface area contributed by atoms with E-state index in [0.717, 1.165) is 45.1 Å². The summed E-state index contributed by atoms with van der Waals surface area (Å²) in [5.74, 6) is 0.807. The van der Waals surface area contributed by atoms with Crippen molar-refractivity contribution in [2.75, 3.05) is 26.8 Å². The van der Waals surface area contributed by atoms with Crippen LogP contribution in [0.1, 0.15) is 30.9 Å². The Morgan fingerprint density at radius 3 is 2.74 bits per heavy atom. The minimum absolute atomic E-state index is 0. The average Bonchev–Trinajstić information content (AvgIpc) is 3.07. The smallest absolute Gasteiger partial charge is 0.191 e. The van der Waals surface area contributed by atoms with Gasteiger partial charge in [0.1, 0.15) is 0 Å². The summed E-state index contributed by atoms with van der Waals surface area (Å²) in [7, 11) is 1.79. The second kappa shape index (κ2) is 11.6. The summed E-state index contributed by atoms with van der Waals surface area (Å²) < 4.78 is 11.1. The van der Waals surface area contributed by atoms with E-state index in [9.17, 15) is 0 Å². The maximum Gasteiger partial charge on any atom is 0.191 e. The van der Waals surface area contributed by atoms with Gasteiger partial charge in [-0.1, -0.05) is 24.3 Å². The standard InChI is InChI=1S/C17H27N3O2.HI/c1-3-21-13-15-8-5-4-7-14(15)11-19-17(18-2)20-12-16-9-6-10-22-16;/h4-5,7-8,16H,3,6,9-13H2,1-2H3,(H2,18,19,20);1H. The Balaban J connectivity index is 0.00000264. The van der Waals surface area contributed by atoms with Gasteiger partial charge in [0.15, 0.2) is 5.96 Å². The van der Waals surface area contributed by atoms with Crippen molar-refractivity contribution in [3.05, 3.63) is 35.4 Å². The second-order valence-electron chi connectivity index (χ2n) is 5.35. The maximum atomic E-state index is 5.61. The molecule has 1 aliphatic heterocycles. The van der Waals surface area contributed by atoms with Gasteiger partial charge in [0.05, 0.1) is 12.7 Å². The molecule has 1 aromatic carbocycles. The highest BCUT2D eigenvalue weighted by atomic mass is 127. The molecule has 5 nitrogen and oxygen atoms in total. The van der Waals surface area contributed by atoms with Crippen LogP contribution in [0.4, 0.5) is 0 Å². The molecule has 1 atom stereocenters. The summed E-state index contributed by atoms with van der Waals surface area (Å²) in [6.45, 7) is 5.80. The van der Waals surface area contributed by atoms with Crippen LogP contribution >= 0.6 is 24.0 Å². The number of nitrogens with zero attached hydrogens (tertiary/aromatic N) is 1. The van der Waals surface area contributed by atoms with Crippen molar-refractivity contribution in [1.29, 1.82) is 0 Å². The van der Waals surface area contributed by atoms with Crippen LogP contribution in [0, 0.1) is 0 Å². The number of halogens is 1. The van der Waals surface area contributed by atoms with Crippen molar-refractivity contribution in [2.45, 2.75) is 39.0 Å². The molecule has 2 rings (SSSR count). The van der Waals surface area contributed by atoms with E-state index in [1.165, 1.54) is 11.1 Å². The highest BCUT2D eigenvalue weighted by Crippen LogP contribution is 2.11. The van der Waals surface area contributed by atoms with Crippen molar-refractivity contribution >= 4 is 29.9 Å². The van der Waals surface area contributed by atoms with Gasteiger partial charge < -0.3 is 20.1 Å². The molecule has 1 saturated heterocycles. The molecule has 0 aliphatic carbocycles. The minimum atomic E-state index is 0. The van der Waals surface area contributed by atoms with Crippen LogP contribution in [0.5, 0.6) is 0 Å². The monoisotopic (exact) mass is 433 g/mol. The van der Waals surface area contributed by atoms with E-state index < -0.39 is 0 Å². The number of hydrogen-bond acceptors (Lipinski definition) is 3. The SMILES string of the molecule is CCOCc1ccccc1CNC(=NC)NCC1CCCO1.I. The number of ether oxygens (including phenoxy) is 2. The largest absolute Gasteiger partial charge is 0.377 e. The summed E-state index contributed by atoms with van der Waals surface area (Å²) in [6, 6.07) is 8.32. The predicted octanol–water partition coefficient (Wildman–Crippen LogP) is 2.69. The molecule has 0 bridgehead atoms. The fourth-order valence-electron chi connectivity index (χ4n) is 2.50. The molecule has 6 heteroatoms. The first-order valence-electron chi connectivity index (χ1n) is 8.04. The molecule has 1 unspecified atom stereocenters. The normalized spacial score (nSPS) is 17.7. The molecule has 2 N–H and O–H groups in total. The van der Waals surface area contributed by atoms with Crippen LogP contribution in [0.3, 0.4) is 0 Å². The van der Waals surface area contributed by atoms with Gasteiger partial charge in [-0.05, 0) is 30.9 Å². The summed E-state index contributed by atoms with van der Waals surface area (Å²) in [5.41, 5.74) is 2.45. The zero-order valence-electron chi connectivity index (χ0n) is 14.0. The molecule has 1 heterocycles. The Kier molecular flexibility index (Phi) is 10.2. The van der Waals surface area contributed by atoms with Crippen LogP contribution in [0.2, 0.25) is 0 Å². The van der Waals surface area contributed by atoms with Crippen LogP contribution in [-0.2, 0) is 22.6 Å². The molecule has 0 spiro atoms. The topological polar surface area (TPSA) is 54.9 Å². The lowest BCUT2D eigenvalue weighted by Gasteiger charge is -2.16. The van der Waals surface area contributed by atoms with Gasteiger partial charge in [-0.2, -0.15) is 0 Å². The van der Waals surface area contributed by atoms with Gasteiger partial charge in [-0.15, -0.1) is 24.0 Å². The first kappa shape index (κ1) is 20.2. The average molecular weight is 433 g/mol. The lowest BCUT2D eigenvalue weighted by Crippen LogP contribution is -2.40. The van der Waals surface area contributed by atoms with Crippen LogP contribution in [0.25, 0.3) is 0 Å². The lowest BCUT2D eigenvalue weighted by molar-refractivity contribution is 0.114. The molecule has 1 aliphatic rings. The first-order valence-corrected chi connectivity index (χ1v) is 8.04. The number of aliphatic imine (C=N–C) groups is 1. The fraction of sp³-hybridized carbons (Fsp3) is 0.588. The van der Waals surface area contributed by atoms with Crippen LogP contribution < -0.4 is 10.6 Å². The third-order valence-electron chi connectivity index (χ3n) is 3.77. The van der Waals surface area contributed by atoms with Gasteiger partial charge in [0.2, 0.25) is 0 Å². The van der Waals surface area contributed by atoms with E-state index in [2.05, 4.69) is 33.8 Å². The molecule has 23 heavy (non-hydrogen) atoms. The summed E-state index contributed by atoms with van der Waals surface area (Å²) in [5, 5.41) is 6.68. The number of hydrogen-bond donors (Lipinski definition) is 2. The van der Waals surface area contributed by atoms with Gasteiger partial charge in [-0.3, -0.25) is 4.99 Å². The lowest BCUT2D eigenvalue weighted by atomic mass is 10.1. The Morgan fingerprint density at radius 1 is 1.30 bits per heavy atom. The summed E-state index contributed by atoms with van der Waals surface area (Å²) in [6.07, 6.45) is 2.59. The number of nitrogens with one attached hydrogen (secondary N) is 2. The molecule has 0 amide bonds. The quantitative estimate of drug-likeness (QED) is 0.395. The van der Waals surface area contributed by atoms with Gasteiger partial charge in [-0.25, -0.2) is 0 Å². The minimum Gasteiger partial charge on any atom is -0.377 e. The summed E-state index contributed by atoms with van der Waals surface area (Å²) in [4.78, 5) is 4.26. The van der Waals surface area contributed by atoms with Crippen molar-refractivity contribution in [1.82, 2.24) is 10.6 Å².